The Balaban J connectivity index is 1.75. The summed E-state index contributed by atoms with van der Waals surface area (Å²) in [6, 6.07) is 0.640. The first-order chi connectivity index (χ1) is 6.75. The van der Waals surface area contributed by atoms with E-state index in [0.717, 1.165) is 32.6 Å². The first-order valence-electron chi connectivity index (χ1n) is 5.51. The molecule has 2 atom stereocenters. The highest BCUT2D eigenvalue weighted by Crippen LogP contribution is 2.17. The minimum absolute atomic E-state index is 0.0939. The van der Waals surface area contributed by atoms with Crippen molar-refractivity contribution in [2.75, 3.05) is 26.2 Å². The van der Waals surface area contributed by atoms with Gasteiger partial charge in [-0.1, -0.05) is 0 Å². The molecule has 3 N–H and O–H groups in total. The third-order valence-electron chi connectivity index (χ3n) is 3.32. The predicted octanol–water partition coefficient (Wildman–Crippen LogP) is -0.454. The van der Waals surface area contributed by atoms with Crippen LogP contribution in [0.5, 0.6) is 0 Å². The Kier molecular flexibility index (Phi) is 3.03. The van der Waals surface area contributed by atoms with Crippen LogP contribution in [0.15, 0.2) is 0 Å². The third-order valence-corrected chi connectivity index (χ3v) is 3.32. The molecule has 1 amide bonds. The molecule has 0 radical (unpaired) electrons. The summed E-state index contributed by atoms with van der Waals surface area (Å²) in [5.41, 5.74) is 5.29. The zero-order chi connectivity index (χ0) is 9.97. The number of nitrogens with one attached hydrogen (secondary N) is 1. The highest BCUT2D eigenvalue weighted by Gasteiger charge is 2.28. The van der Waals surface area contributed by atoms with E-state index < -0.39 is 0 Å². The molecule has 0 saturated carbocycles. The molecule has 0 aromatic rings. The van der Waals surface area contributed by atoms with Crippen LogP contribution in [0.25, 0.3) is 0 Å². The molecule has 0 bridgehead atoms. The number of primary amides is 1. The van der Waals surface area contributed by atoms with E-state index in [0.29, 0.717) is 6.04 Å². The normalized spacial score (nSPS) is 33.7. The Hall–Kier alpha value is -0.610. The molecular formula is C10H19N3O. The molecule has 4 heteroatoms. The Labute approximate surface area is 84.8 Å². The van der Waals surface area contributed by atoms with Gasteiger partial charge in [0.25, 0.3) is 0 Å². The number of carbonyl (C=O) groups excluding carboxylic acids is 1. The number of rotatable bonds is 3. The van der Waals surface area contributed by atoms with E-state index in [4.69, 9.17) is 5.73 Å². The van der Waals surface area contributed by atoms with Crippen molar-refractivity contribution >= 4 is 5.91 Å². The van der Waals surface area contributed by atoms with Crippen LogP contribution < -0.4 is 11.1 Å². The molecule has 2 saturated heterocycles. The van der Waals surface area contributed by atoms with E-state index in [1.807, 2.05) is 0 Å². The average Bonchev–Trinajstić information content (AvgIpc) is 2.75. The molecule has 0 aromatic heterocycles. The van der Waals surface area contributed by atoms with Crippen LogP contribution in [-0.4, -0.2) is 43.0 Å². The van der Waals surface area contributed by atoms with E-state index >= 15 is 0 Å². The number of amides is 1. The summed E-state index contributed by atoms with van der Waals surface area (Å²) in [5, 5.41) is 3.47. The van der Waals surface area contributed by atoms with E-state index in [9.17, 15) is 4.79 Å². The van der Waals surface area contributed by atoms with E-state index in [-0.39, 0.29) is 11.8 Å². The summed E-state index contributed by atoms with van der Waals surface area (Å²) >= 11 is 0. The molecule has 2 aliphatic heterocycles. The number of nitrogens with two attached hydrogens (primary N) is 1. The number of hydrogen-bond acceptors (Lipinski definition) is 3. The van der Waals surface area contributed by atoms with Crippen molar-refractivity contribution in [3.63, 3.8) is 0 Å². The van der Waals surface area contributed by atoms with Crippen LogP contribution in [0.3, 0.4) is 0 Å². The lowest BCUT2D eigenvalue weighted by atomic mass is 10.1. The molecule has 4 nitrogen and oxygen atoms in total. The molecule has 0 aromatic carbocycles. The number of nitrogens with zero attached hydrogens (tertiary/aromatic N) is 1. The topological polar surface area (TPSA) is 58.4 Å². The Bertz CT molecular complexity index is 213. The summed E-state index contributed by atoms with van der Waals surface area (Å²) in [5.74, 6) is -0.0386. The van der Waals surface area contributed by atoms with Gasteiger partial charge in [-0.3, -0.25) is 4.79 Å². The monoisotopic (exact) mass is 197 g/mol. The smallest absolute Gasteiger partial charge is 0.221 e. The minimum Gasteiger partial charge on any atom is -0.369 e. The largest absolute Gasteiger partial charge is 0.369 e. The fourth-order valence-corrected chi connectivity index (χ4v) is 2.45. The fourth-order valence-electron chi connectivity index (χ4n) is 2.45. The zero-order valence-electron chi connectivity index (χ0n) is 8.54. The van der Waals surface area contributed by atoms with Gasteiger partial charge in [0.1, 0.15) is 0 Å². The van der Waals surface area contributed by atoms with Gasteiger partial charge in [0.2, 0.25) is 5.91 Å². The van der Waals surface area contributed by atoms with Crippen LogP contribution in [0.4, 0.5) is 0 Å². The molecular weight excluding hydrogens is 178 g/mol. The van der Waals surface area contributed by atoms with E-state index in [2.05, 4.69) is 10.2 Å². The molecule has 2 aliphatic rings. The van der Waals surface area contributed by atoms with Crippen LogP contribution in [-0.2, 0) is 4.79 Å². The van der Waals surface area contributed by atoms with Crippen molar-refractivity contribution in [1.29, 1.82) is 0 Å². The average molecular weight is 197 g/mol. The Morgan fingerprint density at radius 1 is 1.50 bits per heavy atom. The SMILES string of the molecule is NC(=O)C1CCN(C[C@@H]2CCCN2)C1. The van der Waals surface area contributed by atoms with Crippen molar-refractivity contribution in [1.82, 2.24) is 10.2 Å². The van der Waals surface area contributed by atoms with Crippen LogP contribution >= 0.6 is 0 Å². The standard InChI is InChI=1S/C10H19N3O/c11-10(14)8-3-5-13(6-8)7-9-2-1-4-12-9/h8-9,12H,1-7H2,(H2,11,14)/t8?,9-/m0/s1. The summed E-state index contributed by atoms with van der Waals surface area (Å²) in [6.07, 6.45) is 3.51. The predicted molar refractivity (Wildman–Crippen MR) is 54.8 cm³/mol. The summed E-state index contributed by atoms with van der Waals surface area (Å²) in [7, 11) is 0. The fraction of sp³-hybridized carbons (Fsp3) is 0.900. The van der Waals surface area contributed by atoms with Crippen molar-refractivity contribution in [3.8, 4) is 0 Å². The van der Waals surface area contributed by atoms with Gasteiger partial charge in [0, 0.05) is 19.1 Å². The lowest BCUT2D eigenvalue weighted by molar-refractivity contribution is -0.121. The van der Waals surface area contributed by atoms with Crippen LogP contribution in [0, 0.1) is 5.92 Å². The van der Waals surface area contributed by atoms with Crippen molar-refractivity contribution in [2.24, 2.45) is 11.7 Å². The highest BCUT2D eigenvalue weighted by molar-refractivity contribution is 5.77. The van der Waals surface area contributed by atoms with Gasteiger partial charge in [0.15, 0.2) is 0 Å². The maximum atomic E-state index is 11.0. The lowest BCUT2D eigenvalue weighted by Gasteiger charge is -2.19. The molecule has 0 aliphatic carbocycles. The zero-order valence-corrected chi connectivity index (χ0v) is 8.54. The van der Waals surface area contributed by atoms with Crippen molar-refractivity contribution in [2.45, 2.75) is 25.3 Å². The van der Waals surface area contributed by atoms with Gasteiger partial charge in [-0.15, -0.1) is 0 Å². The molecule has 2 rings (SSSR count). The second-order valence-electron chi connectivity index (χ2n) is 4.44. The second-order valence-corrected chi connectivity index (χ2v) is 4.44. The molecule has 0 spiro atoms. The lowest BCUT2D eigenvalue weighted by Crippen LogP contribution is -2.37. The molecule has 14 heavy (non-hydrogen) atoms. The first-order valence-corrected chi connectivity index (χ1v) is 5.51. The summed E-state index contributed by atoms with van der Waals surface area (Å²) < 4.78 is 0. The molecule has 1 unspecified atom stereocenters. The summed E-state index contributed by atoms with van der Waals surface area (Å²) in [6.45, 7) is 4.14. The maximum absolute atomic E-state index is 11.0. The number of likely N-dealkylation sites (tertiary alicyclic amines) is 1. The van der Waals surface area contributed by atoms with Crippen LogP contribution in [0.2, 0.25) is 0 Å². The van der Waals surface area contributed by atoms with E-state index in [1.54, 1.807) is 0 Å². The van der Waals surface area contributed by atoms with E-state index in [1.165, 1.54) is 12.8 Å². The molecule has 2 heterocycles. The highest BCUT2D eigenvalue weighted by atomic mass is 16.1. The van der Waals surface area contributed by atoms with Gasteiger partial charge >= 0.3 is 0 Å². The van der Waals surface area contributed by atoms with Gasteiger partial charge in [-0.05, 0) is 32.4 Å². The van der Waals surface area contributed by atoms with Crippen molar-refractivity contribution < 1.29 is 4.79 Å². The maximum Gasteiger partial charge on any atom is 0.221 e. The van der Waals surface area contributed by atoms with Crippen molar-refractivity contribution in [3.05, 3.63) is 0 Å². The Morgan fingerprint density at radius 2 is 2.36 bits per heavy atom. The number of carbonyl (C=O) groups is 1. The van der Waals surface area contributed by atoms with Gasteiger partial charge in [0.05, 0.1) is 5.92 Å². The van der Waals surface area contributed by atoms with Gasteiger partial charge in [-0.2, -0.15) is 0 Å². The summed E-state index contributed by atoms with van der Waals surface area (Å²) in [4.78, 5) is 13.3. The quantitative estimate of drug-likeness (QED) is 0.644. The molecule has 80 valence electrons. The minimum atomic E-state index is -0.133. The Morgan fingerprint density at radius 3 is 2.93 bits per heavy atom. The third kappa shape index (κ3) is 2.25. The van der Waals surface area contributed by atoms with Gasteiger partial charge < -0.3 is 16.0 Å². The molecule has 2 fully saturated rings. The van der Waals surface area contributed by atoms with Crippen LogP contribution in [0.1, 0.15) is 19.3 Å². The number of hydrogen-bond donors (Lipinski definition) is 2. The second kappa shape index (κ2) is 4.28. The van der Waals surface area contributed by atoms with Gasteiger partial charge in [-0.25, -0.2) is 0 Å². The first kappa shape index (κ1) is 9.93.